The molecule has 1 N–H and O–H groups in total. The fourth-order valence-electron chi connectivity index (χ4n) is 3.21. The summed E-state index contributed by atoms with van der Waals surface area (Å²) in [6.07, 6.45) is 0. The van der Waals surface area contributed by atoms with Gasteiger partial charge in [0.05, 0.1) is 34.1 Å². The van der Waals surface area contributed by atoms with Crippen LogP contribution in [-0.4, -0.2) is 38.1 Å². The van der Waals surface area contributed by atoms with E-state index in [0.29, 0.717) is 23.0 Å². The van der Waals surface area contributed by atoms with Crippen LogP contribution < -0.4 is 18.9 Å². The molecular formula is C21H23NO5. The molecule has 0 saturated carbocycles. The average molecular weight is 369 g/mol. The SMILES string of the molecule is COc1ccc(-n2c(C)ccc2-c2ccc(OC)c(OC)c2OC)cc1O. The Morgan fingerprint density at radius 3 is 2.00 bits per heavy atom. The van der Waals surface area contributed by atoms with Crippen molar-refractivity contribution in [3.05, 3.63) is 48.2 Å². The van der Waals surface area contributed by atoms with E-state index < -0.39 is 0 Å². The molecule has 6 nitrogen and oxygen atoms in total. The summed E-state index contributed by atoms with van der Waals surface area (Å²) >= 11 is 0. The van der Waals surface area contributed by atoms with Gasteiger partial charge < -0.3 is 28.6 Å². The second-order valence-corrected chi connectivity index (χ2v) is 5.93. The first-order valence-corrected chi connectivity index (χ1v) is 8.40. The molecule has 3 aromatic rings. The van der Waals surface area contributed by atoms with E-state index in [4.69, 9.17) is 18.9 Å². The van der Waals surface area contributed by atoms with Gasteiger partial charge in [0.1, 0.15) is 0 Å². The van der Waals surface area contributed by atoms with Crippen LogP contribution in [0.1, 0.15) is 5.69 Å². The van der Waals surface area contributed by atoms with E-state index in [-0.39, 0.29) is 5.75 Å². The smallest absolute Gasteiger partial charge is 0.203 e. The van der Waals surface area contributed by atoms with Crippen molar-refractivity contribution < 1.29 is 24.1 Å². The van der Waals surface area contributed by atoms with Crippen molar-refractivity contribution in [2.75, 3.05) is 28.4 Å². The summed E-state index contributed by atoms with van der Waals surface area (Å²) in [6.45, 7) is 2.00. The molecule has 0 aliphatic heterocycles. The lowest BCUT2D eigenvalue weighted by Crippen LogP contribution is -2.02. The summed E-state index contributed by atoms with van der Waals surface area (Å²) in [5.74, 6) is 2.20. The molecule has 6 heteroatoms. The van der Waals surface area contributed by atoms with Crippen molar-refractivity contribution in [2.45, 2.75) is 6.92 Å². The van der Waals surface area contributed by atoms with Gasteiger partial charge in [0.15, 0.2) is 23.0 Å². The van der Waals surface area contributed by atoms with Crippen LogP contribution >= 0.6 is 0 Å². The van der Waals surface area contributed by atoms with Crippen LogP contribution in [0.4, 0.5) is 0 Å². The molecule has 1 heterocycles. The van der Waals surface area contributed by atoms with Gasteiger partial charge in [-0.15, -0.1) is 0 Å². The fraction of sp³-hybridized carbons (Fsp3) is 0.238. The van der Waals surface area contributed by atoms with Crippen molar-refractivity contribution in [1.29, 1.82) is 0 Å². The van der Waals surface area contributed by atoms with Gasteiger partial charge in [-0.2, -0.15) is 0 Å². The van der Waals surface area contributed by atoms with Crippen molar-refractivity contribution in [3.63, 3.8) is 0 Å². The highest BCUT2D eigenvalue weighted by Gasteiger charge is 2.20. The largest absolute Gasteiger partial charge is 0.504 e. The number of ether oxygens (including phenoxy) is 4. The van der Waals surface area contributed by atoms with Crippen molar-refractivity contribution in [1.82, 2.24) is 4.57 Å². The zero-order valence-corrected chi connectivity index (χ0v) is 16.1. The van der Waals surface area contributed by atoms with Crippen molar-refractivity contribution in [2.24, 2.45) is 0 Å². The van der Waals surface area contributed by atoms with Crippen LogP contribution in [-0.2, 0) is 0 Å². The van der Waals surface area contributed by atoms with E-state index in [0.717, 1.165) is 22.6 Å². The molecule has 27 heavy (non-hydrogen) atoms. The number of phenolic OH excluding ortho intramolecular Hbond substituents is 1. The van der Waals surface area contributed by atoms with E-state index in [1.807, 2.05) is 41.8 Å². The van der Waals surface area contributed by atoms with Gasteiger partial charge in [0.2, 0.25) is 5.75 Å². The molecule has 142 valence electrons. The second kappa shape index (κ2) is 7.53. The third-order valence-electron chi connectivity index (χ3n) is 4.48. The molecule has 0 aliphatic carbocycles. The fourth-order valence-corrected chi connectivity index (χ4v) is 3.21. The number of hydrogen-bond acceptors (Lipinski definition) is 5. The topological polar surface area (TPSA) is 62.1 Å². The molecule has 0 fully saturated rings. The minimum Gasteiger partial charge on any atom is -0.504 e. The zero-order chi connectivity index (χ0) is 19.6. The normalized spacial score (nSPS) is 10.6. The molecule has 3 rings (SSSR count). The highest BCUT2D eigenvalue weighted by molar-refractivity contribution is 5.76. The molecule has 2 aromatic carbocycles. The summed E-state index contributed by atoms with van der Waals surface area (Å²) in [5, 5.41) is 10.2. The number of aryl methyl sites for hydroxylation is 1. The van der Waals surface area contributed by atoms with Crippen LogP contribution in [0.15, 0.2) is 42.5 Å². The van der Waals surface area contributed by atoms with Crippen LogP contribution in [0.5, 0.6) is 28.7 Å². The van der Waals surface area contributed by atoms with Gasteiger partial charge in [-0.3, -0.25) is 0 Å². The van der Waals surface area contributed by atoms with Crippen molar-refractivity contribution >= 4 is 0 Å². The van der Waals surface area contributed by atoms with Gasteiger partial charge in [-0.05, 0) is 43.3 Å². The Bertz CT molecular complexity index is 961. The molecular weight excluding hydrogens is 346 g/mol. The maximum absolute atomic E-state index is 10.2. The summed E-state index contributed by atoms with van der Waals surface area (Å²) in [4.78, 5) is 0. The number of benzene rings is 2. The molecule has 0 radical (unpaired) electrons. The van der Waals surface area contributed by atoms with E-state index in [9.17, 15) is 5.11 Å². The Labute approximate surface area is 158 Å². The lowest BCUT2D eigenvalue weighted by Gasteiger charge is -2.18. The summed E-state index contributed by atoms with van der Waals surface area (Å²) in [7, 11) is 6.29. The number of aromatic nitrogens is 1. The Balaban J connectivity index is 2.22. The Morgan fingerprint density at radius 1 is 0.741 bits per heavy atom. The van der Waals surface area contributed by atoms with Crippen LogP contribution in [0.3, 0.4) is 0 Å². The lowest BCUT2D eigenvalue weighted by molar-refractivity contribution is 0.325. The van der Waals surface area contributed by atoms with Crippen molar-refractivity contribution in [3.8, 4) is 45.7 Å². The first-order chi connectivity index (χ1) is 13.0. The Hall–Kier alpha value is -3.28. The number of rotatable bonds is 6. The number of phenols is 1. The summed E-state index contributed by atoms with van der Waals surface area (Å²) < 4.78 is 23.7. The first-order valence-electron chi connectivity index (χ1n) is 8.40. The van der Waals surface area contributed by atoms with Crippen LogP contribution in [0.25, 0.3) is 16.9 Å². The average Bonchev–Trinajstić information content (AvgIpc) is 3.07. The third kappa shape index (κ3) is 3.14. The van der Waals surface area contributed by atoms with Gasteiger partial charge in [0.25, 0.3) is 0 Å². The maximum atomic E-state index is 10.2. The molecule has 1 aromatic heterocycles. The Morgan fingerprint density at radius 2 is 1.41 bits per heavy atom. The number of hydrogen-bond donors (Lipinski definition) is 1. The number of nitrogens with zero attached hydrogens (tertiary/aromatic N) is 1. The highest BCUT2D eigenvalue weighted by Crippen LogP contribution is 2.45. The van der Waals surface area contributed by atoms with Crippen LogP contribution in [0, 0.1) is 6.92 Å². The minimum atomic E-state index is 0.0772. The van der Waals surface area contributed by atoms with Gasteiger partial charge in [0, 0.05) is 23.0 Å². The van der Waals surface area contributed by atoms with Gasteiger partial charge in [-0.1, -0.05) is 0 Å². The number of aromatic hydroxyl groups is 1. The third-order valence-corrected chi connectivity index (χ3v) is 4.48. The van der Waals surface area contributed by atoms with Crippen LogP contribution in [0.2, 0.25) is 0 Å². The highest BCUT2D eigenvalue weighted by atomic mass is 16.5. The van der Waals surface area contributed by atoms with E-state index >= 15 is 0 Å². The Kier molecular flexibility index (Phi) is 5.16. The van der Waals surface area contributed by atoms with Gasteiger partial charge >= 0.3 is 0 Å². The molecule has 0 atom stereocenters. The molecule has 0 spiro atoms. The predicted octanol–water partition coefficient (Wildman–Crippen LogP) is 4.19. The molecule has 0 amide bonds. The molecule has 0 bridgehead atoms. The van der Waals surface area contributed by atoms with E-state index in [1.165, 1.54) is 7.11 Å². The monoisotopic (exact) mass is 369 g/mol. The molecule has 0 aliphatic rings. The minimum absolute atomic E-state index is 0.0772. The second-order valence-electron chi connectivity index (χ2n) is 5.93. The lowest BCUT2D eigenvalue weighted by atomic mass is 10.1. The van der Waals surface area contributed by atoms with Gasteiger partial charge in [-0.25, -0.2) is 0 Å². The molecule has 0 unspecified atom stereocenters. The number of methoxy groups -OCH3 is 4. The zero-order valence-electron chi connectivity index (χ0n) is 16.1. The van der Waals surface area contributed by atoms with E-state index in [1.54, 1.807) is 33.5 Å². The maximum Gasteiger partial charge on any atom is 0.203 e. The molecule has 0 saturated heterocycles. The predicted molar refractivity (Wildman–Crippen MR) is 104 cm³/mol. The summed E-state index contributed by atoms with van der Waals surface area (Å²) in [6, 6.07) is 13.1. The van der Waals surface area contributed by atoms with E-state index in [2.05, 4.69) is 0 Å². The first kappa shape index (κ1) is 18.5. The summed E-state index contributed by atoms with van der Waals surface area (Å²) in [5.41, 5.74) is 3.56. The standard InChI is InChI=1S/C21H23NO5/c1-13-6-9-16(22(13)14-7-10-18(24-2)17(23)12-14)15-8-11-19(25-3)21(27-5)20(15)26-4/h6-12,23H,1-5H3. The quantitative estimate of drug-likeness (QED) is 0.706.